The van der Waals surface area contributed by atoms with Crippen molar-refractivity contribution in [2.24, 2.45) is 5.92 Å². The topological polar surface area (TPSA) is 44.8 Å². The first kappa shape index (κ1) is 9.49. The van der Waals surface area contributed by atoms with Crippen LogP contribution in [-0.2, 0) is 13.0 Å². The maximum Gasteiger partial charge on any atom is 0.318 e. The molecule has 1 saturated heterocycles. The zero-order valence-corrected chi connectivity index (χ0v) is 17.1. The average molecular weight is 445 g/mol. The number of carbonyl (C=O) groups excluding carboxylic acids is 1. The predicted octanol–water partition coefficient (Wildman–Crippen LogP) is 4.67. The van der Waals surface area contributed by atoms with Gasteiger partial charge in [0, 0.05) is 23.1 Å². The summed E-state index contributed by atoms with van der Waals surface area (Å²) in [5.41, 5.74) is -2.11. The van der Waals surface area contributed by atoms with Crippen LogP contribution in [0.1, 0.15) is 61.1 Å². The van der Waals surface area contributed by atoms with E-state index in [-0.39, 0.29) is 25.9 Å². The van der Waals surface area contributed by atoms with Crippen molar-refractivity contribution < 1.29 is 37.2 Å². The van der Waals surface area contributed by atoms with Gasteiger partial charge in [0.1, 0.15) is 11.6 Å². The Labute approximate surface area is 209 Å². The molecular weight excluding hydrogens is 393 g/mol. The molecule has 3 rings (SSSR count). The molecule has 1 fully saturated rings. The Morgan fingerprint density at radius 3 is 2.48 bits per heavy atom. The average Bonchev–Trinajstić information content (AvgIpc) is 2.95. The number of hydrogen-bond donors (Lipinski definition) is 1. The summed E-state index contributed by atoms with van der Waals surface area (Å²) in [6, 6.07) is -11.8. The maximum atomic E-state index is 14.4. The summed E-state index contributed by atoms with van der Waals surface area (Å²) in [6.07, 6.45) is -0.467. The quantitative estimate of drug-likeness (QED) is 0.644. The van der Waals surface area contributed by atoms with Gasteiger partial charge in [0.2, 0.25) is 0 Å². The molecule has 0 spiro atoms. The van der Waals surface area contributed by atoms with E-state index < -0.39 is 116 Å². The molecular formula is C25H34FN3O2. The van der Waals surface area contributed by atoms with Gasteiger partial charge in [-0.2, -0.15) is 0 Å². The van der Waals surface area contributed by atoms with Gasteiger partial charge in [-0.05, 0) is 74.1 Å². The van der Waals surface area contributed by atoms with Crippen molar-refractivity contribution in [2.75, 3.05) is 26.6 Å². The molecule has 2 aromatic carbocycles. The minimum atomic E-state index is -3.32. The van der Waals surface area contributed by atoms with Gasteiger partial charge in [0.15, 0.2) is 0 Å². The van der Waals surface area contributed by atoms with E-state index in [4.69, 9.17) is 28.0 Å². The summed E-state index contributed by atoms with van der Waals surface area (Å²) in [5.74, 6) is -3.21. The Morgan fingerprint density at radius 2 is 1.87 bits per heavy atom. The van der Waals surface area contributed by atoms with Gasteiger partial charge >= 0.3 is 6.03 Å². The van der Waals surface area contributed by atoms with Gasteiger partial charge < -0.3 is 19.9 Å². The number of carbonyl (C=O) groups is 1. The Hall–Kier alpha value is -2.60. The maximum absolute atomic E-state index is 14.4. The Balaban J connectivity index is 2.16. The van der Waals surface area contributed by atoms with Crippen molar-refractivity contribution in [1.29, 1.82) is 0 Å². The summed E-state index contributed by atoms with van der Waals surface area (Å²) in [4.78, 5) is 15.3. The number of nitrogens with zero attached hydrogens (tertiary/aromatic N) is 2. The highest BCUT2D eigenvalue weighted by atomic mass is 19.1. The van der Waals surface area contributed by atoms with Crippen LogP contribution < -0.4 is 10.1 Å². The minimum Gasteiger partial charge on any atom is -0.493 e. The molecule has 2 aromatic rings. The van der Waals surface area contributed by atoms with Crippen LogP contribution in [0.5, 0.6) is 5.75 Å². The number of urea groups is 1. The molecule has 0 atom stereocenters. The summed E-state index contributed by atoms with van der Waals surface area (Å²) in [5, 5.41) is 1.83. The monoisotopic (exact) mass is 444 g/mol. The smallest absolute Gasteiger partial charge is 0.318 e. The third kappa shape index (κ3) is 7.24. The molecule has 1 aliphatic rings. The molecule has 0 bridgehead atoms. The highest BCUT2D eigenvalue weighted by Crippen LogP contribution is 2.19. The normalized spacial score (nSPS) is 24.8. The first-order chi connectivity index (χ1) is 21.7. The van der Waals surface area contributed by atoms with Crippen molar-refractivity contribution in [3.05, 3.63) is 65.3 Å². The molecule has 0 aromatic heterocycles. The molecule has 0 radical (unpaired) electrons. The first-order valence-electron chi connectivity index (χ1n) is 18.1. The molecule has 0 unspecified atom stereocenters. The second-order valence-electron chi connectivity index (χ2n) is 7.02. The van der Waals surface area contributed by atoms with E-state index in [1.165, 1.54) is 13.8 Å². The highest BCUT2D eigenvalue weighted by Gasteiger charge is 2.27. The number of hydrogen-bond acceptors (Lipinski definition) is 3. The molecule has 2 amide bonds. The molecule has 0 saturated carbocycles. The number of benzene rings is 2. The lowest BCUT2D eigenvalue weighted by Crippen LogP contribution is -2.49. The van der Waals surface area contributed by atoms with E-state index in [2.05, 4.69) is 0 Å². The number of piperidine rings is 1. The lowest BCUT2D eigenvalue weighted by molar-refractivity contribution is 0.127. The SMILES string of the molecule is [2H]c1c([2H])c(C([2H])([2H])N(C(=O)NC([2H])([2H])c2c([2H])c([2H])c(OC([2H])([2H])C(C)C)c([2H])c2[2H])C2CCN(C([2H])([2H])[2H])CC2)c([2H])c([2H])c1F. The fourth-order valence-electron chi connectivity index (χ4n) is 2.67. The van der Waals surface area contributed by atoms with Crippen molar-refractivity contribution in [2.45, 2.75) is 45.7 Å². The van der Waals surface area contributed by atoms with Crippen molar-refractivity contribution in [3.8, 4) is 5.75 Å². The standard InChI is InChI=1S/C25H34FN3O2/c1-19(2)18-31-24-10-6-20(7-11-24)16-27-25(30)29(23-12-14-28(3)15-13-23)17-21-4-8-22(26)9-5-21/h4-11,19,23H,12-18H2,1-3H3,(H,27,30)/i3D3,4D,5D,6D,7D,8D,9D,10D,11D,16D2,17D2,18D2. The lowest BCUT2D eigenvalue weighted by atomic mass is 10.0. The summed E-state index contributed by atoms with van der Waals surface area (Å²) >= 11 is 0. The Bertz CT molecular complexity index is 1520. The predicted molar refractivity (Wildman–Crippen MR) is 121 cm³/mol. The van der Waals surface area contributed by atoms with Gasteiger partial charge in [0.05, 0.1) is 25.7 Å². The number of rotatable bonds is 8. The minimum absolute atomic E-state index is 0.213. The molecule has 31 heavy (non-hydrogen) atoms. The van der Waals surface area contributed by atoms with Crippen LogP contribution in [0.4, 0.5) is 9.18 Å². The number of ether oxygens (including phenoxy) is 1. The van der Waals surface area contributed by atoms with Gasteiger partial charge in [0.25, 0.3) is 0 Å². The van der Waals surface area contributed by atoms with Gasteiger partial charge in [-0.1, -0.05) is 38.0 Å². The summed E-state index contributed by atoms with van der Waals surface area (Å²) < 4.78 is 159. The number of halogens is 1. The largest absolute Gasteiger partial charge is 0.493 e. The van der Waals surface area contributed by atoms with E-state index in [1.807, 2.05) is 5.32 Å². The number of nitrogens with one attached hydrogen (secondary N) is 1. The van der Waals surface area contributed by atoms with Crippen LogP contribution in [-0.4, -0.2) is 48.5 Å². The van der Waals surface area contributed by atoms with Crippen LogP contribution in [0.15, 0.2) is 48.3 Å². The Kier molecular flexibility index (Phi) is 3.41. The second-order valence-corrected chi connectivity index (χ2v) is 7.02. The molecule has 168 valence electrons. The fraction of sp³-hybridized carbons (Fsp3) is 0.480. The van der Waals surface area contributed by atoms with Crippen LogP contribution in [0.2, 0.25) is 0 Å². The Morgan fingerprint density at radius 1 is 1.23 bits per heavy atom. The summed E-state index contributed by atoms with van der Waals surface area (Å²) in [7, 11) is 0. The lowest BCUT2D eigenvalue weighted by Gasteiger charge is -2.37. The van der Waals surface area contributed by atoms with E-state index in [9.17, 15) is 9.18 Å². The van der Waals surface area contributed by atoms with E-state index in [0.717, 1.165) is 4.90 Å². The van der Waals surface area contributed by atoms with Crippen molar-refractivity contribution in [3.63, 3.8) is 0 Å². The first-order valence-corrected chi connectivity index (χ1v) is 9.62. The summed E-state index contributed by atoms with van der Waals surface area (Å²) in [6.45, 7) is -9.18. The van der Waals surface area contributed by atoms with E-state index in [1.54, 1.807) is 0 Å². The molecule has 5 nitrogen and oxygen atoms in total. The molecule has 1 aliphatic heterocycles. The third-order valence-electron chi connectivity index (χ3n) is 4.17. The molecule has 1 heterocycles. The second kappa shape index (κ2) is 11.1. The zero-order valence-electron chi connectivity index (χ0n) is 34.1. The third-order valence-corrected chi connectivity index (χ3v) is 4.17. The number of likely N-dealkylation sites (tertiary alicyclic amines) is 1. The van der Waals surface area contributed by atoms with Crippen LogP contribution in [0, 0.1) is 11.7 Å². The molecule has 0 aliphatic carbocycles. The fourth-order valence-corrected chi connectivity index (χ4v) is 2.67. The highest BCUT2D eigenvalue weighted by molar-refractivity contribution is 5.74. The van der Waals surface area contributed by atoms with Crippen molar-refractivity contribution >= 4 is 6.03 Å². The number of amides is 2. The molecule has 6 heteroatoms. The van der Waals surface area contributed by atoms with E-state index >= 15 is 0 Å². The van der Waals surface area contributed by atoms with E-state index in [0.29, 0.717) is 4.90 Å². The van der Waals surface area contributed by atoms with Crippen LogP contribution in [0.3, 0.4) is 0 Å². The van der Waals surface area contributed by atoms with Gasteiger partial charge in [-0.15, -0.1) is 0 Å². The van der Waals surface area contributed by atoms with Crippen molar-refractivity contribution in [1.82, 2.24) is 15.1 Å². The van der Waals surface area contributed by atoms with Crippen LogP contribution >= 0.6 is 0 Å². The van der Waals surface area contributed by atoms with Gasteiger partial charge in [-0.3, -0.25) is 0 Å². The van der Waals surface area contributed by atoms with Gasteiger partial charge in [-0.25, -0.2) is 9.18 Å². The zero-order chi connectivity index (χ0) is 37.1. The molecule has 1 N–H and O–H groups in total. The van der Waals surface area contributed by atoms with Crippen LogP contribution in [0.25, 0.3) is 0 Å².